The molecule has 0 bridgehead atoms. The van der Waals surface area contributed by atoms with E-state index in [1.54, 1.807) is 0 Å². The third kappa shape index (κ3) is 4.72. The Labute approximate surface area is 194 Å². The summed E-state index contributed by atoms with van der Waals surface area (Å²) < 4.78 is 11.8. The van der Waals surface area contributed by atoms with E-state index < -0.39 is 0 Å². The Morgan fingerprint density at radius 1 is 1.10 bits per heavy atom. The summed E-state index contributed by atoms with van der Waals surface area (Å²) in [6.45, 7) is 13.7. The van der Waals surface area contributed by atoms with Crippen LogP contribution in [0.4, 0.5) is 0 Å². The van der Waals surface area contributed by atoms with Crippen molar-refractivity contribution in [2.24, 2.45) is 16.3 Å². The fourth-order valence-electron chi connectivity index (χ4n) is 6.03. The molecule has 7 heteroatoms. The van der Waals surface area contributed by atoms with Crippen molar-refractivity contribution in [2.75, 3.05) is 46.0 Å². The minimum atomic E-state index is 0. The first-order chi connectivity index (χ1) is 13.6. The SMILES string of the molecule is CCNC(=NCC1(N2CCCC2)CCOCC1)NC1C2CCCOC2C1(C)C.I. The Balaban J connectivity index is 0.00000240. The van der Waals surface area contributed by atoms with E-state index in [1.807, 2.05) is 0 Å². The molecule has 4 fully saturated rings. The van der Waals surface area contributed by atoms with Crippen molar-refractivity contribution in [1.82, 2.24) is 15.5 Å². The molecule has 168 valence electrons. The largest absolute Gasteiger partial charge is 0.381 e. The topological polar surface area (TPSA) is 58.1 Å². The summed E-state index contributed by atoms with van der Waals surface area (Å²) in [4.78, 5) is 7.83. The first-order valence-electron chi connectivity index (χ1n) is 11.6. The van der Waals surface area contributed by atoms with Gasteiger partial charge in [0.2, 0.25) is 0 Å². The molecule has 4 aliphatic rings. The summed E-state index contributed by atoms with van der Waals surface area (Å²) in [5, 5.41) is 7.31. The van der Waals surface area contributed by atoms with E-state index in [0.29, 0.717) is 18.1 Å². The summed E-state index contributed by atoms with van der Waals surface area (Å²) in [5.41, 5.74) is 0.343. The predicted octanol–water partition coefficient (Wildman–Crippen LogP) is 3.01. The van der Waals surface area contributed by atoms with Crippen molar-refractivity contribution in [1.29, 1.82) is 0 Å². The van der Waals surface area contributed by atoms with Gasteiger partial charge in [0.15, 0.2) is 5.96 Å². The number of aliphatic imine (C=N–C) groups is 1. The van der Waals surface area contributed by atoms with Gasteiger partial charge >= 0.3 is 0 Å². The molecule has 3 saturated heterocycles. The summed E-state index contributed by atoms with van der Waals surface area (Å²) in [5.74, 6) is 1.60. The molecule has 29 heavy (non-hydrogen) atoms. The van der Waals surface area contributed by atoms with Crippen LogP contribution in [0.5, 0.6) is 0 Å². The summed E-state index contributed by atoms with van der Waals surface area (Å²) >= 11 is 0. The van der Waals surface area contributed by atoms with E-state index in [9.17, 15) is 0 Å². The third-order valence-corrected chi connectivity index (χ3v) is 7.70. The standard InChI is InChI=1S/C22H40N4O2.HI/c1-4-23-20(25-18-17-8-7-13-28-19(17)21(18,2)3)24-16-22(9-14-27-15-10-22)26-11-5-6-12-26;/h17-19H,4-16H2,1-3H3,(H2,23,24,25);1H. The molecule has 1 aliphatic carbocycles. The molecule has 0 aromatic rings. The number of rotatable bonds is 5. The number of hydrogen-bond donors (Lipinski definition) is 2. The number of likely N-dealkylation sites (tertiary alicyclic amines) is 1. The summed E-state index contributed by atoms with van der Waals surface area (Å²) in [6, 6.07) is 0.438. The minimum Gasteiger partial charge on any atom is -0.381 e. The molecular weight excluding hydrogens is 479 g/mol. The first-order valence-corrected chi connectivity index (χ1v) is 11.6. The second-order valence-corrected chi connectivity index (χ2v) is 9.77. The molecule has 1 saturated carbocycles. The van der Waals surface area contributed by atoms with Gasteiger partial charge in [0.25, 0.3) is 0 Å². The molecule has 2 N–H and O–H groups in total. The van der Waals surface area contributed by atoms with Crippen molar-refractivity contribution >= 4 is 29.9 Å². The van der Waals surface area contributed by atoms with Crippen LogP contribution >= 0.6 is 24.0 Å². The number of ether oxygens (including phenoxy) is 2. The Morgan fingerprint density at radius 2 is 1.83 bits per heavy atom. The molecule has 6 nitrogen and oxygen atoms in total. The van der Waals surface area contributed by atoms with Crippen molar-refractivity contribution in [3.8, 4) is 0 Å². The molecule has 0 amide bonds. The lowest BCUT2D eigenvalue weighted by Crippen LogP contribution is -2.71. The second kappa shape index (κ2) is 10.0. The Bertz CT molecular complexity index is 559. The zero-order valence-corrected chi connectivity index (χ0v) is 20.9. The first kappa shape index (κ1) is 23.5. The maximum Gasteiger partial charge on any atom is 0.191 e. The van der Waals surface area contributed by atoms with Crippen LogP contribution in [0.3, 0.4) is 0 Å². The predicted molar refractivity (Wildman–Crippen MR) is 128 cm³/mol. The van der Waals surface area contributed by atoms with E-state index in [1.165, 1.54) is 38.8 Å². The van der Waals surface area contributed by atoms with Gasteiger partial charge in [-0.1, -0.05) is 13.8 Å². The highest BCUT2D eigenvalue weighted by atomic mass is 127. The zero-order valence-electron chi connectivity index (χ0n) is 18.5. The van der Waals surface area contributed by atoms with E-state index >= 15 is 0 Å². The van der Waals surface area contributed by atoms with Crippen LogP contribution < -0.4 is 10.6 Å². The fraction of sp³-hybridized carbons (Fsp3) is 0.955. The van der Waals surface area contributed by atoms with E-state index in [0.717, 1.165) is 51.7 Å². The molecule has 0 aromatic heterocycles. The smallest absolute Gasteiger partial charge is 0.191 e. The Kier molecular flexibility index (Phi) is 8.12. The van der Waals surface area contributed by atoms with Crippen molar-refractivity contribution in [3.05, 3.63) is 0 Å². The van der Waals surface area contributed by atoms with Gasteiger partial charge in [0.05, 0.1) is 12.6 Å². The van der Waals surface area contributed by atoms with Crippen LogP contribution in [0.1, 0.15) is 59.3 Å². The quantitative estimate of drug-likeness (QED) is 0.332. The van der Waals surface area contributed by atoms with Crippen LogP contribution in [0, 0.1) is 11.3 Å². The van der Waals surface area contributed by atoms with Gasteiger partial charge in [0, 0.05) is 49.3 Å². The number of nitrogens with one attached hydrogen (secondary N) is 2. The molecule has 3 unspecified atom stereocenters. The molecule has 4 rings (SSSR count). The molecule has 0 radical (unpaired) electrons. The minimum absolute atomic E-state index is 0. The molecule has 3 aliphatic heterocycles. The molecule has 3 heterocycles. The number of hydrogen-bond acceptors (Lipinski definition) is 4. The number of guanidine groups is 1. The van der Waals surface area contributed by atoms with Crippen LogP contribution in [0.25, 0.3) is 0 Å². The van der Waals surface area contributed by atoms with Crippen LogP contribution in [0.15, 0.2) is 4.99 Å². The molecule has 3 atom stereocenters. The van der Waals surface area contributed by atoms with Crippen molar-refractivity contribution < 1.29 is 9.47 Å². The lowest BCUT2D eigenvalue weighted by atomic mass is 9.55. The maximum absolute atomic E-state index is 6.08. The number of fused-ring (bicyclic) bond motifs is 1. The third-order valence-electron chi connectivity index (χ3n) is 7.70. The number of halogens is 1. The Morgan fingerprint density at radius 3 is 2.52 bits per heavy atom. The highest BCUT2D eigenvalue weighted by molar-refractivity contribution is 14.0. The zero-order chi connectivity index (χ0) is 19.6. The van der Waals surface area contributed by atoms with Gasteiger partial charge in [-0.2, -0.15) is 0 Å². The highest BCUT2D eigenvalue weighted by Gasteiger charge is 2.58. The summed E-state index contributed by atoms with van der Waals surface area (Å²) in [6.07, 6.45) is 7.69. The van der Waals surface area contributed by atoms with Crippen LogP contribution in [0.2, 0.25) is 0 Å². The van der Waals surface area contributed by atoms with Gasteiger partial charge in [-0.3, -0.25) is 9.89 Å². The lowest BCUT2D eigenvalue weighted by Gasteiger charge is -2.60. The molecule has 0 aromatic carbocycles. The fourth-order valence-corrected chi connectivity index (χ4v) is 6.03. The number of nitrogens with zero attached hydrogens (tertiary/aromatic N) is 2. The van der Waals surface area contributed by atoms with Crippen molar-refractivity contribution in [2.45, 2.75) is 77.0 Å². The Hall–Kier alpha value is -0.120. The van der Waals surface area contributed by atoms with Crippen molar-refractivity contribution in [3.63, 3.8) is 0 Å². The van der Waals surface area contributed by atoms with Gasteiger partial charge in [-0.25, -0.2) is 0 Å². The monoisotopic (exact) mass is 520 g/mol. The molecular formula is C22H41IN4O2. The highest BCUT2D eigenvalue weighted by Crippen LogP contribution is 2.51. The van der Waals surface area contributed by atoms with Gasteiger partial charge in [-0.05, 0) is 58.5 Å². The maximum atomic E-state index is 6.08. The van der Waals surface area contributed by atoms with E-state index in [4.69, 9.17) is 14.5 Å². The van der Waals surface area contributed by atoms with Gasteiger partial charge < -0.3 is 20.1 Å². The summed E-state index contributed by atoms with van der Waals surface area (Å²) in [7, 11) is 0. The van der Waals surface area contributed by atoms with Gasteiger partial charge in [-0.15, -0.1) is 24.0 Å². The average molecular weight is 521 g/mol. The van der Waals surface area contributed by atoms with E-state index in [2.05, 4.69) is 36.3 Å². The van der Waals surface area contributed by atoms with Gasteiger partial charge in [0.1, 0.15) is 0 Å². The van der Waals surface area contributed by atoms with Crippen LogP contribution in [-0.2, 0) is 9.47 Å². The molecule has 0 spiro atoms. The van der Waals surface area contributed by atoms with E-state index in [-0.39, 0.29) is 34.9 Å². The van der Waals surface area contributed by atoms with Crippen LogP contribution in [-0.4, -0.2) is 74.5 Å². The average Bonchev–Trinajstić information content (AvgIpc) is 3.26. The lowest BCUT2D eigenvalue weighted by molar-refractivity contribution is -0.188. The second-order valence-electron chi connectivity index (χ2n) is 9.77. The normalized spacial score (nSPS) is 33.9.